The van der Waals surface area contributed by atoms with Crippen LogP contribution in [0.25, 0.3) is 0 Å². The molecule has 4 rings (SSSR count). The molecule has 0 radical (unpaired) electrons. The van der Waals surface area contributed by atoms with Gasteiger partial charge in [0.25, 0.3) is 17.5 Å². The van der Waals surface area contributed by atoms with E-state index < -0.39 is 34.1 Å². The summed E-state index contributed by atoms with van der Waals surface area (Å²) in [5.74, 6) is -1.42. The van der Waals surface area contributed by atoms with Crippen LogP contribution in [0.4, 0.5) is 5.69 Å². The highest BCUT2D eigenvalue weighted by Gasteiger charge is 2.53. The molecule has 1 unspecified atom stereocenters. The third-order valence-corrected chi connectivity index (χ3v) is 6.55. The molecule has 1 saturated heterocycles. The van der Waals surface area contributed by atoms with E-state index in [0.717, 1.165) is 11.5 Å². The minimum absolute atomic E-state index is 0.0751. The third kappa shape index (κ3) is 4.60. The van der Waals surface area contributed by atoms with Crippen LogP contribution in [0.3, 0.4) is 0 Å². The first-order valence-electron chi connectivity index (χ1n) is 9.65. The molecule has 3 heterocycles. The number of carbonyl (C=O) groups is 3. The molecule has 0 saturated carbocycles. The normalized spacial score (nSPS) is 19.4. The number of nitro benzene ring substituents is 1. The van der Waals surface area contributed by atoms with Crippen LogP contribution in [-0.4, -0.2) is 67.2 Å². The summed E-state index contributed by atoms with van der Waals surface area (Å²) >= 11 is 2.41. The number of benzene rings is 1. The van der Waals surface area contributed by atoms with E-state index in [1.807, 2.05) is 0 Å². The monoisotopic (exact) mass is 504 g/mol. The molecule has 2 aliphatic rings. The Bertz CT molecular complexity index is 1180. The summed E-state index contributed by atoms with van der Waals surface area (Å²) in [5.41, 5.74) is 0.647. The number of hydrogen-bond acceptors (Lipinski definition) is 12. The zero-order valence-corrected chi connectivity index (χ0v) is 19.1. The predicted octanol–water partition coefficient (Wildman–Crippen LogP) is 0.824. The molecular formula is C19H16N6O7S2. The van der Waals surface area contributed by atoms with Crippen LogP contribution in [0.2, 0.25) is 0 Å². The number of aromatic nitrogens is 2. The van der Waals surface area contributed by atoms with Crippen LogP contribution in [-0.2, 0) is 30.6 Å². The second-order valence-electron chi connectivity index (χ2n) is 6.88. The van der Waals surface area contributed by atoms with Gasteiger partial charge in [-0.05, 0) is 35.3 Å². The first-order valence-corrected chi connectivity index (χ1v) is 11.5. The molecular weight excluding hydrogens is 488 g/mol. The van der Waals surface area contributed by atoms with Crippen molar-refractivity contribution in [1.29, 1.82) is 0 Å². The number of β-lactam (4-membered cyclic amide) rings is 1. The van der Waals surface area contributed by atoms with Gasteiger partial charge in [0.2, 0.25) is 0 Å². The van der Waals surface area contributed by atoms with Crippen LogP contribution in [0.15, 0.2) is 46.6 Å². The lowest BCUT2D eigenvalue weighted by molar-refractivity contribution is -0.384. The molecule has 2 aliphatic heterocycles. The molecule has 2 amide bonds. The first-order chi connectivity index (χ1) is 16.4. The number of ether oxygens (including phenoxy) is 1. The Morgan fingerprint density at radius 1 is 1.35 bits per heavy atom. The van der Waals surface area contributed by atoms with E-state index in [1.54, 1.807) is 6.08 Å². The molecule has 34 heavy (non-hydrogen) atoms. The predicted molar refractivity (Wildman–Crippen MR) is 119 cm³/mol. The van der Waals surface area contributed by atoms with Crippen molar-refractivity contribution in [3.63, 3.8) is 0 Å². The summed E-state index contributed by atoms with van der Waals surface area (Å²) in [6, 6.07) is 4.71. The smallest absolute Gasteiger partial charge is 0.355 e. The standard InChI is InChI=1S/C19H16N6O7S2/c1-31-22-14(12-9-34-23-21-12)16(26)20-15-17(27)24-13(6-7-33-18(15)24)19(28)32-8-10-2-4-11(5-3-10)25(29)30/h2-6,9,15,18H,7-8H2,1H3,(H,20,26)/t15?,18-/m0/s1. The van der Waals surface area contributed by atoms with E-state index in [9.17, 15) is 24.5 Å². The molecule has 15 heteroatoms. The topological polar surface area (TPSA) is 166 Å². The van der Waals surface area contributed by atoms with Gasteiger partial charge in [0.05, 0.1) is 4.92 Å². The first kappa shape index (κ1) is 23.3. The van der Waals surface area contributed by atoms with Gasteiger partial charge in [-0.25, -0.2) is 4.79 Å². The molecule has 176 valence electrons. The Kier molecular flexibility index (Phi) is 6.83. The van der Waals surface area contributed by atoms with Gasteiger partial charge in [-0.2, -0.15) is 0 Å². The molecule has 0 bridgehead atoms. The van der Waals surface area contributed by atoms with Crippen LogP contribution in [0.1, 0.15) is 11.3 Å². The molecule has 0 aliphatic carbocycles. The maximum Gasteiger partial charge on any atom is 0.355 e. The van der Waals surface area contributed by atoms with Crippen molar-refractivity contribution >= 4 is 52.5 Å². The summed E-state index contributed by atoms with van der Waals surface area (Å²) in [5, 5.41) is 21.8. The Labute approximate surface area is 200 Å². The lowest BCUT2D eigenvalue weighted by Gasteiger charge is -2.48. The molecule has 1 aromatic heterocycles. The number of amides is 2. The molecule has 13 nitrogen and oxygen atoms in total. The Morgan fingerprint density at radius 2 is 2.12 bits per heavy atom. The summed E-state index contributed by atoms with van der Waals surface area (Å²) in [6.45, 7) is -0.118. The average Bonchev–Trinajstić information content (AvgIpc) is 3.38. The van der Waals surface area contributed by atoms with E-state index in [2.05, 4.69) is 20.1 Å². The second kappa shape index (κ2) is 9.96. The van der Waals surface area contributed by atoms with Crippen molar-refractivity contribution in [3.05, 3.63) is 62.8 Å². The number of rotatable bonds is 8. The van der Waals surface area contributed by atoms with Gasteiger partial charge in [-0.15, -0.1) is 16.9 Å². The lowest BCUT2D eigenvalue weighted by atomic mass is 10.0. The van der Waals surface area contributed by atoms with Gasteiger partial charge in [-0.3, -0.25) is 24.6 Å². The SMILES string of the molecule is CON=C(C(=O)NC1C(=O)N2C(C(=O)OCc3ccc([N+](=O)[O-])cc3)=CCS[C@@H]12)c1csnn1. The van der Waals surface area contributed by atoms with Gasteiger partial charge in [-0.1, -0.05) is 9.64 Å². The lowest BCUT2D eigenvalue weighted by Crippen LogP contribution is -2.70. The summed E-state index contributed by atoms with van der Waals surface area (Å²) < 4.78 is 8.98. The fourth-order valence-corrected chi connectivity index (χ4v) is 4.87. The third-order valence-electron chi connectivity index (χ3n) is 4.86. The van der Waals surface area contributed by atoms with Crippen molar-refractivity contribution in [2.24, 2.45) is 5.16 Å². The number of carbonyl (C=O) groups excluding carboxylic acids is 3. The molecule has 1 fully saturated rings. The van der Waals surface area contributed by atoms with Crippen LogP contribution < -0.4 is 5.32 Å². The fourth-order valence-electron chi connectivity index (χ4n) is 3.24. The van der Waals surface area contributed by atoms with Crippen molar-refractivity contribution in [2.45, 2.75) is 18.0 Å². The molecule has 1 aromatic carbocycles. The number of nitrogens with one attached hydrogen (secondary N) is 1. The highest BCUT2D eigenvalue weighted by Crippen LogP contribution is 2.38. The largest absolute Gasteiger partial charge is 0.456 e. The second-order valence-corrected chi connectivity index (χ2v) is 8.64. The minimum atomic E-state index is -0.877. The Balaban J connectivity index is 1.38. The fraction of sp³-hybridized carbons (Fsp3) is 0.263. The van der Waals surface area contributed by atoms with Crippen molar-refractivity contribution in [1.82, 2.24) is 19.8 Å². The number of thioether (sulfide) groups is 1. The summed E-state index contributed by atoms with van der Waals surface area (Å²) in [6.07, 6.45) is 1.58. The van der Waals surface area contributed by atoms with Crippen LogP contribution in [0.5, 0.6) is 0 Å². The molecule has 0 spiro atoms. The van der Waals surface area contributed by atoms with Crippen molar-refractivity contribution < 1.29 is 28.9 Å². The number of fused-ring (bicyclic) bond motifs is 1. The van der Waals surface area contributed by atoms with Gasteiger partial charge >= 0.3 is 5.97 Å². The van der Waals surface area contributed by atoms with Gasteiger partial charge in [0, 0.05) is 23.3 Å². The quantitative estimate of drug-likeness (QED) is 0.179. The number of nitrogens with zero attached hydrogens (tertiary/aromatic N) is 5. The molecule has 2 atom stereocenters. The van der Waals surface area contributed by atoms with Gasteiger partial charge < -0.3 is 14.9 Å². The van der Waals surface area contributed by atoms with Crippen LogP contribution in [0, 0.1) is 10.1 Å². The Hall–Kier alpha value is -3.85. The van der Waals surface area contributed by atoms with E-state index in [0.29, 0.717) is 11.3 Å². The Morgan fingerprint density at radius 3 is 2.76 bits per heavy atom. The van der Waals surface area contributed by atoms with E-state index in [4.69, 9.17) is 9.57 Å². The number of oxime groups is 1. The summed E-state index contributed by atoms with van der Waals surface area (Å²) in [4.78, 5) is 54.3. The van der Waals surface area contributed by atoms with Gasteiger partial charge in [0.15, 0.2) is 5.71 Å². The maximum absolute atomic E-state index is 12.8. The molecule has 2 aromatic rings. The van der Waals surface area contributed by atoms with E-state index in [-0.39, 0.29) is 29.4 Å². The molecule has 1 N–H and O–H groups in total. The highest BCUT2D eigenvalue weighted by molar-refractivity contribution is 8.00. The summed E-state index contributed by atoms with van der Waals surface area (Å²) in [7, 11) is 1.28. The highest BCUT2D eigenvalue weighted by atomic mass is 32.2. The zero-order chi connectivity index (χ0) is 24.2. The number of hydrogen-bond donors (Lipinski definition) is 1. The number of esters is 1. The average molecular weight is 505 g/mol. The van der Waals surface area contributed by atoms with E-state index >= 15 is 0 Å². The maximum atomic E-state index is 12.8. The van der Waals surface area contributed by atoms with Crippen molar-refractivity contribution in [3.8, 4) is 0 Å². The van der Waals surface area contributed by atoms with E-state index in [1.165, 1.54) is 53.4 Å². The van der Waals surface area contributed by atoms with Crippen molar-refractivity contribution in [2.75, 3.05) is 12.9 Å². The minimum Gasteiger partial charge on any atom is -0.456 e. The van der Waals surface area contributed by atoms with Crippen LogP contribution >= 0.6 is 23.3 Å². The number of non-ortho nitro benzene ring substituents is 1. The number of nitro groups is 1. The zero-order valence-electron chi connectivity index (χ0n) is 17.4. The van der Waals surface area contributed by atoms with Gasteiger partial charge in [0.1, 0.15) is 36.5 Å².